The van der Waals surface area contributed by atoms with Crippen molar-refractivity contribution < 1.29 is 5.11 Å². The van der Waals surface area contributed by atoms with Gasteiger partial charge in [-0.1, -0.05) is 25.6 Å². The maximum atomic E-state index is 8.74. The summed E-state index contributed by atoms with van der Waals surface area (Å²) >= 11 is 1.43. The van der Waals surface area contributed by atoms with Crippen LogP contribution < -0.4 is 5.32 Å². The number of aliphatic imine (C=N–C) groups is 1. The topological polar surface area (TPSA) is 68.4 Å². The minimum Gasteiger partial charge on any atom is -0.396 e. The highest BCUT2D eigenvalue weighted by atomic mass is 32.2. The molecule has 0 aliphatic heterocycles. The van der Waals surface area contributed by atoms with Gasteiger partial charge in [0.25, 0.3) is 0 Å². The van der Waals surface area contributed by atoms with Gasteiger partial charge >= 0.3 is 0 Å². The van der Waals surface area contributed by atoms with E-state index in [1.807, 2.05) is 12.4 Å². The molecule has 2 N–H and O–H groups in total. The van der Waals surface area contributed by atoms with Gasteiger partial charge in [-0.15, -0.1) is 0 Å². The molecule has 0 heterocycles. The van der Waals surface area contributed by atoms with Gasteiger partial charge in [0.15, 0.2) is 11.4 Å². The van der Waals surface area contributed by atoms with Gasteiger partial charge < -0.3 is 5.11 Å². The van der Waals surface area contributed by atoms with Crippen LogP contribution in [0.5, 0.6) is 0 Å². The molecule has 4 nitrogen and oxygen atoms in total. The maximum absolute atomic E-state index is 8.74. The molecule has 0 rings (SSSR count). The van der Waals surface area contributed by atoms with Crippen LogP contribution in [0.15, 0.2) is 4.99 Å². The molecule has 0 aliphatic rings. The van der Waals surface area contributed by atoms with Crippen LogP contribution in [0.3, 0.4) is 0 Å². The number of amidine groups is 1. The molecule has 86 valence electrons. The second-order valence-electron chi connectivity index (χ2n) is 4.05. The fourth-order valence-electron chi connectivity index (χ4n) is 1.13. The third-order valence-electron chi connectivity index (χ3n) is 2.02. The van der Waals surface area contributed by atoms with Crippen LogP contribution in [0.4, 0.5) is 0 Å². The highest BCUT2D eigenvalue weighted by Crippen LogP contribution is 2.22. The highest BCUT2D eigenvalue weighted by Gasteiger charge is 2.16. The molecule has 0 spiro atoms. The SMILES string of the molecule is CSC(=NCC(C)(C)CCCO)NC#N. The fourth-order valence-corrected chi connectivity index (χ4v) is 1.47. The predicted molar refractivity (Wildman–Crippen MR) is 64.7 cm³/mol. The highest BCUT2D eigenvalue weighted by molar-refractivity contribution is 8.13. The van der Waals surface area contributed by atoms with E-state index >= 15 is 0 Å². The molecule has 0 atom stereocenters. The Morgan fingerprint density at radius 3 is 2.73 bits per heavy atom. The average Bonchev–Trinajstić information content (AvgIpc) is 2.21. The second kappa shape index (κ2) is 7.55. The number of hydrogen-bond donors (Lipinski definition) is 2. The first-order chi connectivity index (χ1) is 7.05. The summed E-state index contributed by atoms with van der Waals surface area (Å²) in [5, 5.41) is 20.4. The minimum absolute atomic E-state index is 0.0703. The molecular weight excluding hydrogens is 210 g/mol. The number of thioether (sulfide) groups is 1. The molecule has 0 aromatic heterocycles. The Balaban J connectivity index is 4.14. The van der Waals surface area contributed by atoms with E-state index in [4.69, 9.17) is 10.4 Å². The van der Waals surface area contributed by atoms with E-state index in [1.165, 1.54) is 11.8 Å². The van der Waals surface area contributed by atoms with E-state index in [0.29, 0.717) is 11.7 Å². The van der Waals surface area contributed by atoms with Crippen molar-refractivity contribution in [2.24, 2.45) is 10.4 Å². The van der Waals surface area contributed by atoms with Gasteiger partial charge in [0.05, 0.1) is 0 Å². The first-order valence-corrected chi connectivity index (χ1v) is 6.12. The Bertz CT molecular complexity index is 246. The van der Waals surface area contributed by atoms with Crippen molar-refractivity contribution in [1.29, 1.82) is 5.26 Å². The first kappa shape index (κ1) is 14.3. The van der Waals surface area contributed by atoms with E-state index in [-0.39, 0.29) is 12.0 Å². The predicted octanol–water partition coefficient (Wildman–Crippen LogP) is 1.57. The van der Waals surface area contributed by atoms with Crippen LogP contribution >= 0.6 is 11.8 Å². The molecule has 0 saturated carbocycles. The maximum Gasteiger partial charge on any atom is 0.183 e. The number of nitrogens with one attached hydrogen (secondary N) is 1. The van der Waals surface area contributed by atoms with Crippen LogP contribution in [-0.4, -0.2) is 29.7 Å². The standard InChI is InChI=1S/C10H19N3OS/c1-10(2,5-4-6-14)7-12-9(15-3)13-8-11/h14H,4-7H2,1-3H3,(H,12,13). The third-order valence-corrected chi connectivity index (χ3v) is 2.64. The first-order valence-electron chi connectivity index (χ1n) is 4.90. The van der Waals surface area contributed by atoms with Crippen molar-refractivity contribution in [2.75, 3.05) is 19.4 Å². The smallest absolute Gasteiger partial charge is 0.183 e. The number of rotatable bonds is 5. The Labute approximate surface area is 95.8 Å². The number of aliphatic hydroxyl groups is 1. The zero-order chi connectivity index (χ0) is 11.7. The third kappa shape index (κ3) is 7.23. The summed E-state index contributed by atoms with van der Waals surface area (Å²) in [4.78, 5) is 4.32. The molecule has 0 unspecified atom stereocenters. The summed E-state index contributed by atoms with van der Waals surface area (Å²) in [6.45, 7) is 5.10. The molecular formula is C10H19N3OS. The summed E-state index contributed by atoms with van der Waals surface area (Å²) in [6.07, 6.45) is 5.46. The largest absolute Gasteiger partial charge is 0.396 e. The zero-order valence-electron chi connectivity index (χ0n) is 9.58. The number of hydrogen-bond acceptors (Lipinski definition) is 4. The molecule has 0 saturated heterocycles. The fraction of sp³-hybridized carbons (Fsp3) is 0.800. The van der Waals surface area contributed by atoms with Crippen molar-refractivity contribution in [3.8, 4) is 6.19 Å². The summed E-state index contributed by atoms with van der Waals surface area (Å²) < 4.78 is 0. The molecule has 0 bridgehead atoms. The van der Waals surface area contributed by atoms with E-state index < -0.39 is 0 Å². The van der Waals surface area contributed by atoms with Gasteiger partial charge in [0, 0.05) is 13.2 Å². The Morgan fingerprint density at radius 1 is 1.60 bits per heavy atom. The average molecular weight is 229 g/mol. The van der Waals surface area contributed by atoms with Crippen LogP contribution in [0.2, 0.25) is 0 Å². The molecule has 0 fully saturated rings. The monoisotopic (exact) mass is 229 g/mol. The lowest BCUT2D eigenvalue weighted by molar-refractivity contribution is 0.245. The number of nitriles is 1. The molecule has 0 radical (unpaired) electrons. The second-order valence-corrected chi connectivity index (χ2v) is 4.85. The lowest BCUT2D eigenvalue weighted by Crippen LogP contribution is -2.20. The van der Waals surface area contributed by atoms with Gasteiger partial charge in [0.2, 0.25) is 0 Å². The minimum atomic E-state index is 0.0703. The van der Waals surface area contributed by atoms with Crippen molar-refractivity contribution in [3.05, 3.63) is 0 Å². The van der Waals surface area contributed by atoms with E-state index in [0.717, 1.165) is 12.8 Å². The summed E-state index contributed by atoms with van der Waals surface area (Å²) in [6, 6.07) is 0. The lowest BCUT2D eigenvalue weighted by Gasteiger charge is -2.21. The number of aliphatic hydroxyl groups excluding tert-OH is 1. The van der Waals surface area contributed by atoms with Gasteiger partial charge in [-0.3, -0.25) is 10.3 Å². The number of nitrogens with zero attached hydrogens (tertiary/aromatic N) is 2. The van der Waals surface area contributed by atoms with Gasteiger partial charge in [0.1, 0.15) is 0 Å². The van der Waals surface area contributed by atoms with E-state index in [9.17, 15) is 0 Å². The normalized spacial score (nSPS) is 12.3. The molecule has 0 aliphatic carbocycles. The van der Waals surface area contributed by atoms with E-state index in [2.05, 4.69) is 24.2 Å². The van der Waals surface area contributed by atoms with Crippen molar-refractivity contribution in [3.63, 3.8) is 0 Å². The van der Waals surface area contributed by atoms with Crippen molar-refractivity contribution in [1.82, 2.24) is 5.32 Å². The Kier molecular flexibility index (Phi) is 7.18. The van der Waals surface area contributed by atoms with Gasteiger partial charge in [-0.2, -0.15) is 5.26 Å². The molecule has 0 aromatic carbocycles. The zero-order valence-corrected chi connectivity index (χ0v) is 10.4. The molecule has 15 heavy (non-hydrogen) atoms. The lowest BCUT2D eigenvalue weighted by atomic mass is 9.88. The van der Waals surface area contributed by atoms with Gasteiger partial charge in [-0.25, -0.2) is 0 Å². The Hall–Kier alpha value is -0.730. The Morgan fingerprint density at radius 2 is 2.27 bits per heavy atom. The van der Waals surface area contributed by atoms with E-state index in [1.54, 1.807) is 0 Å². The quantitative estimate of drug-likeness (QED) is 0.325. The van der Waals surface area contributed by atoms with Crippen LogP contribution in [0.1, 0.15) is 26.7 Å². The van der Waals surface area contributed by atoms with Crippen LogP contribution in [-0.2, 0) is 0 Å². The van der Waals surface area contributed by atoms with Crippen molar-refractivity contribution in [2.45, 2.75) is 26.7 Å². The summed E-state index contributed by atoms with van der Waals surface area (Å²) in [7, 11) is 0. The van der Waals surface area contributed by atoms with Crippen molar-refractivity contribution >= 4 is 16.9 Å². The summed E-state index contributed by atoms with van der Waals surface area (Å²) in [5.41, 5.74) is 0.0703. The van der Waals surface area contributed by atoms with Gasteiger partial charge in [-0.05, 0) is 24.5 Å². The molecule has 0 amide bonds. The van der Waals surface area contributed by atoms with Crippen LogP contribution in [0.25, 0.3) is 0 Å². The summed E-state index contributed by atoms with van der Waals surface area (Å²) in [5.74, 6) is 0. The molecule has 0 aromatic rings. The van der Waals surface area contributed by atoms with Crippen LogP contribution in [0, 0.1) is 16.9 Å². The molecule has 5 heteroatoms.